The quantitative estimate of drug-likeness (QED) is 0.769. The number of aryl methyl sites for hydroxylation is 1. The van der Waals surface area contributed by atoms with Crippen molar-refractivity contribution < 1.29 is 4.74 Å². The summed E-state index contributed by atoms with van der Waals surface area (Å²) in [6.45, 7) is 0.867. The van der Waals surface area contributed by atoms with Crippen LogP contribution in [0.4, 0.5) is 0 Å². The van der Waals surface area contributed by atoms with Crippen LogP contribution in [-0.2, 0) is 18.2 Å². The maximum absolute atomic E-state index is 5.78. The van der Waals surface area contributed by atoms with Gasteiger partial charge in [-0.1, -0.05) is 21.1 Å². The molecule has 1 aliphatic rings. The average Bonchev–Trinajstić information content (AvgIpc) is 2.77. The van der Waals surface area contributed by atoms with Gasteiger partial charge in [-0.15, -0.1) is 5.10 Å². The highest BCUT2D eigenvalue weighted by atomic mass is 79.9. The van der Waals surface area contributed by atoms with Crippen LogP contribution in [0.1, 0.15) is 18.5 Å². The molecule has 5 heteroatoms. The van der Waals surface area contributed by atoms with E-state index in [0.717, 1.165) is 36.9 Å². The van der Waals surface area contributed by atoms with Gasteiger partial charge >= 0.3 is 0 Å². The van der Waals surface area contributed by atoms with Crippen molar-refractivity contribution in [2.75, 3.05) is 11.9 Å². The van der Waals surface area contributed by atoms with Crippen molar-refractivity contribution in [3.8, 4) is 0 Å². The van der Waals surface area contributed by atoms with Crippen LogP contribution in [0.5, 0.6) is 0 Å². The standard InChI is InChI=1S/C9H14BrN3O/c1-13-6-8(11-12-13)5-9(7-10)3-2-4-14-9/h6H,2-5,7H2,1H3. The van der Waals surface area contributed by atoms with Gasteiger partial charge in [-0.25, -0.2) is 0 Å². The predicted molar refractivity (Wildman–Crippen MR) is 56.4 cm³/mol. The fourth-order valence-electron chi connectivity index (χ4n) is 1.85. The number of hydrogen-bond acceptors (Lipinski definition) is 3. The zero-order chi connectivity index (χ0) is 10.0. The smallest absolute Gasteiger partial charge is 0.0856 e. The van der Waals surface area contributed by atoms with Gasteiger partial charge in [0.15, 0.2) is 0 Å². The van der Waals surface area contributed by atoms with Gasteiger partial charge in [0, 0.05) is 31.6 Å². The Morgan fingerprint density at radius 2 is 2.57 bits per heavy atom. The maximum Gasteiger partial charge on any atom is 0.0856 e. The number of alkyl halides is 1. The molecule has 1 aliphatic heterocycles. The van der Waals surface area contributed by atoms with Crippen LogP contribution in [0, 0.1) is 0 Å². The first-order chi connectivity index (χ1) is 6.74. The van der Waals surface area contributed by atoms with E-state index in [1.807, 2.05) is 13.2 Å². The number of rotatable bonds is 3. The van der Waals surface area contributed by atoms with Gasteiger partial charge in [-0.3, -0.25) is 4.68 Å². The highest BCUT2D eigenvalue weighted by Gasteiger charge is 2.34. The Morgan fingerprint density at radius 3 is 3.07 bits per heavy atom. The highest BCUT2D eigenvalue weighted by Crippen LogP contribution is 2.30. The molecule has 0 saturated carbocycles. The molecule has 2 heterocycles. The molecule has 2 rings (SSSR count). The zero-order valence-corrected chi connectivity index (χ0v) is 9.83. The Hall–Kier alpha value is -0.420. The molecule has 1 aromatic heterocycles. The van der Waals surface area contributed by atoms with Crippen molar-refractivity contribution in [2.24, 2.45) is 7.05 Å². The van der Waals surface area contributed by atoms with E-state index in [0.29, 0.717) is 0 Å². The second-order valence-electron chi connectivity index (χ2n) is 3.83. The summed E-state index contributed by atoms with van der Waals surface area (Å²) in [4.78, 5) is 0. The van der Waals surface area contributed by atoms with Crippen LogP contribution >= 0.6 is 15.9 Å². The first kappa shape index (κ1) is 10.1. The van der Waals surface area contributed by atoms with Gasteiger partial charge in [-0.2, -0.15) is 0 Å². The lowest BCUT2D eigenvalue weighted by atomic mass is 9.97. The Balaban J connectivity index is 2.08. The topological polar surface area (TPSA) is 39.9 Å². The first-order valence-electron chi connectivity index (χ1n) is 4.79. The molecule has 0 aliphatic carbocycles. The van der Waals surface area contributed by atoms with E-state index in [9.17, 15) is 0 Å². The van der Waals surface area contributed by atoms with E-state index in [4.69, 9.17) is 4.74 Å². The molecule has 0 spiro atoms. The van der Waals surface area contributed by atoms with Crippen molar-refractivity contribution in [3.05, 3.63) is 11.9 Å². The summed E-state index contributed by atoms with van der Waals surface area (Å²) in [6.07, 6.45) is 5.05. The summed E-state index contributed by atoms with van der Waals surface area (Å²) < 4.78 is 7.51. The Morgan fingerprint density at radius 1 is 1.71 bits per heavy atom. The van der Waals surface area contributed by atoms with E-state index in [1.54, 1.807) is 4.68 Å². The SMILES string of the molecule is Cn1cc(CC2(CBr)CCCO2)nn1. The summed E-state index contributed by atoms with van der Waals surface area (Å²) in [5, 5.41) is 8.88. The molecule has 1 atom stereocenters. The summed E-state index contributed by atoms with van der Waals surface area (Å²) in [7, 11) is 1.88. The van der Waals surface area contributed by atoms with Crippen molar-refractivity contribution >= 4 is 15.9 Å². The summed E-state index contributed by atoms with van der Waals surface area (Å²) >= 11 is 3.52. The Kier molecular flexibility index (Phi) is 2.88. The molecule has 1 saturated heterocycles. The van der Waals surface area contributed by atoms with Crippen molar-refractivity contribution in [1.29, 1.82) is 0 Å². The molecule has 0 aromatic carbocycles. The molecule has 0 radical (unpaired) electrons. The number of nitrogens with zero attached hydrogens (tertiary/aromatic N) is 3. The van der Waals surface area contributed by atoms with Crippen LogP contribution in [0.2, 0.25) is 0 Å². The maximum atomic E-state index is 5.78. The molecule has 14 heavy (non-hydrogen) atoms. The van der Waals surface area contributed by atoms with Gasteiger partial charge in [0.25, 0.3) is 0 Å². The highest BCUT2D eigenvalue weighted by molar-refractivity contribution is 9.09. The van der Waals surface area contributed by atoms with Gasteiger partial charge in [0.2, 0.25) is 0 Å². The normalized spacial score (nSPS) is 27.0. The molecule has 1 unspecified atom stereocenters. The van der Waals surface area contributed by atoms with Crippen LogP contribution in [0.15, 0.2) is 6.20 Å². The third-order valence-corrected chi connectivity index (χ3v) is 3.60. The van der Waals surface area contributed by atoms with Crippen LogP contribution < -0.4 is 0 Å². The number of hydrogen-bond donors (Lipinski definition) is 0. The lowest BCUT2D eigenvalue weighted by Crippen LogP contribution is -2.32. The molecule has 0 amide bonds. The number of ether oxygens (including phenoxy) is 1. The van der Waals surface area contributed by atoms with E-state index in [2.05, 4.69) is 26.2 Å². The third-order valence-electron chi connectivity index (χ3n) is 2.58. The largest absolute Gasteiger partial charge is 0.374 e. The number of aromatic nitrogens is 3. The monoisotopic (exact) mass is 259 g/mol. The fourth-order valence-corrected chi connectivity index (χ4v) is 2.49. The van der Waals surface area contributed by atoms with E-state index in [-0.39, 0.29) is 5.60 Å². The molecule has 1 fully saturated rings. The molecule has 1 aromatic rings. The van der Waals surface area contributed by atoms with Gasteiger partial charge < -0.3 is 4.74 Å². The molecule has 0 bridgehead atoms. The fraction of sp³-hybridized carbons (Fsp3) is 0.778. The van der Waals surface area contributed by atoms with Crippen molar-refractivity contribution in [1.82, 2.24) is 15.0 Å². The summed E-state index contributed by atoms with van der Waals surface area (Å²) in [6, 6.07) is 0. The lowest BCUT2D eigenvalue weighted by molar-refractivity contribution is 0.0252. The zero-order valence-electron chi connectivity index (χ0n) is 8.24. The van der Waals surface area contributed by atoms with Gasteiger partial charge in [0.05, 0.1) is 11.3 Å². The van der Waals surface area contributed by atoms with Crippen LogP contribution in [-0.4, -0.2) is 32.5 Å². The third kappa shape index (κ3) is 1.98. The first-order valence-corrected chi connectivity index (χ1v) is 5.91. The molecule has 4 nitrogen and oxygen atoms in total. The second-order valence-corrected chi connectivity index (χ2v) is 4.39. The van der Waals surface area contributed by atoms with E-state index >= 15 is 0 Å². The van der Waals surface area contributed by atoms with Gasteiger partial charge in [-0.05, 0) is 12.8 Å². The van der Waals surface area contributed by atoms with Crippen LogP contribution in [0.3, 0.4) is 0 Å². The van der Waals surface area contributed by atoms with Crippen LogP contribution in [0.25, 0.3) is 0 Å². The molecule has 0 N–H and O–H groups in total. The minimum Gasteiger partial charge on any atom is -0.374 e. The lowest BCUT2D eigenvalue weighted by Gasteiger charge is -2.24. The van der Waals surface area contributed by atoms with Crippen molar-refractivity contribution in [3.63, 3.8) is 0 Å². The summed E-state index contributed by atoms with van der Waals surface area (Å²) in [5.41, 5.74) is 0.963. The summed E-state index contributed by atoms with van der Waals surface area (Å²) in [5.74, 6) is 0. The van der Waals surface area contributed by atoms with E-state index in [1.165, 1.54) is 0 Å². The Bertz CT molecular complexity index is 307. The predicted octanol–water partition coefficient (Wildman–Crippen LogP) is 1.30. The molecular weight excluding hydrogens is 246 g/mol. The minimum atomic E-state index is -0.0456. The number of halogens is 1. The molecular formula is C9H14BrN3O. The second kappa shape index (κ2) is 3.98. The molecule has 78 valence electrons. The average molecular weight is 260 g/mol. The van der Waals surface area contributed by atoms with Crippen molar-refractivity contribution in [2.45, 2.75) is 24.9 Å². The van der Waals surface area contributed by atoms with Gasteiger partial charge in [0.1, 0.15) is 0 Å². The van der Waals surface area contributed by atoms with E-state index < -0.39 is 0 Å². The minimum absolute atomic E-state index is 0.0456. The Labute approximate surface area is 91.8 Å².